The number of halogens is 1. The Morgan fingerprint density at radius 3 is 2.79 bits per heavy atom. The molecule has 1 aromatic carbocycles. The molecule has 4 heteroatoms. The molecule has 0 aromatic heterocycles. The van der Waals surface area contributed by atoms with Crippen LogP contribution in [0, 0.1) is 0 Å². The Hall–Kier alpha value is -0.220. The van der Waals surface area contributed by atoms with E-state index in [0.29, 0.717) is 18.0 Å². The summed E-state index contributed by atoms with van der Waals surface area (Å²) in [4.78, 5) is 1.06. The minimum Gasteiger partial charge on any atom is -0.388 e. The number of aliphatic hydroxyl groups is 1. The van der Waals surface area contributed by atoms with E-state index >= 15 is 0 Å². The topological polar surface area (TPSA) is 46.2 Å². The van der Waals surface area contributed by atoms with E-state index in [1.54, 1.807) is 17.8 Å². The average molecular weight is 232 g/mol. The molecule has 0 fully saturated rings. The molecule has 1 unspecified atom stereocenters. The Kier molecular flexibility index (Phi) is 4.75. The molecule has 0 radical (unpaired) electrons. The molecule has 0 spiro atoms. The maximum Gasteiger partial charge on any atom is 0.0803 e. The van der Waals surface area contributed by atoms with Crippen molar-refractivity contribution >= 4 is 23.4 Å². The Morgan fingerprint density at radius 1 is 1.50 bits per heavy atom. The van der Waals surface area contributed by atoms with Gasteiger partial charge >= 0.3 is 0 Å². The monoisotopic (exact) mass is 231 g/mol. The molecule has 0 saturated heterocycles. The van der Waals surface area contributed by atoms with Crippen LogP contribution < -0.4 is 5.73 Å². The Bertz CT molecular complexity index is 306. The van der Waals surface area contributed by atoms with Crippen LogP contribution in [0.25, 0.3) is 0 Å². The Morgan fingerprint density at radius 2 is 2.21 bits per heavy atom. The molecule has 0 bridgehead atoms. The number of rotatable bonds is 4. The second-order valence-electron chi connectivity index (χ2n) is 3.02. The lowest BCUT2D eigenvalue weighted by Crippen LogP contribution is -2.06. The third-order valence-electron chi connectivity index (χ3n) is 1.95. The van der Waals surface area contributed by atoms with E-state index < -0.39 is 6.10 Å². The van der Waals surface area contributed by atoms with Gasteiger partial charge in [-0.05, 0) is 43.0 Å². The summed E-state index contributed by atoms with van der Waals surface area (Å²) < 4.78 is 0. The quantitative estimate of drug-likeness (QED) is 0.783. The first-order chi connectivity index (χ1) is 6.67. The standard InChI is InChI=1S/C10H14ClNOS/c1-14-9-5-7(4-8(11)6-9)10(13)2-3-12/h4-6,10,13H,2-3,12H2,1H3. The van der Waals surface area contributed by atoms with Crippen LogP contribution in [0.15, 0.2) is 23.1 Å². The molecule has 1 aromatic rings. The number of benzene rings is 1. The molecule has 0 aliphatic rings. The first kappa shape index (κ1) is 11.9. The molecule has 2 nitrogen and oxygen atoms in total. The van der Waals surface area contributed by atoms with Crippen LogP contribution in [0.3, 0.4) is 0 Å². The molecular formula is C10H14ClNOS. The van der Waals surface area contributed by atoms with Crippen LogP contribution in [0.1, 0.15) is 18.1 Å². The minimum absolute atomic E-state index is 0.474. The van der Waals surface area contributed by atoms with Gasteiger partial charge in [-0.2, -0.15) is 0 Å². The third-order valence-corrected chi connectivity index (χ3v) is 2.88. The molecule has 0 saturated carbocycles. The molecule has 0 heterocycles. The van der Waals surface area contributed by atoms with Gasteiger partial charge in [-0.1, -0.05) is 11.6 Å². The third kappa shape index (κ3) is 3.17. The van der Waals surface area contributed by atoms with Crippen molar-refractivity contribution in [2.24, 2.45) is 5.73 Å². The van der Waals surface area contributed by atoms with Crippen LogP contribution in [-0.4, -0.2) is 17.9 Å². The highest BCUT2D eigenvalue weighted by Crippen LogP contribution is 2.26. The lowest BCUT2D eigenvalue weighted by atomic mass is 10.1. The number of hydrogen-bond acceptors (Lipinski definition) is 3. The largest absolute Gasteiger partial charge is 0.388 e. The van der Waals surface area contributed by atoms with Gasteiger partial charge in [-0.15, -0.1) is 11.8 Å². The summed E-state index contributed by atoms with van der Waals surface area (Å²) >= 11 is 7.52. The summed E-state index contributed by atoms with van der Waals surface area (Å²) in [7, 11) is 0. The number of nitrogens with two attached hydrogens (primary N) is 1. The van der Waals surface area contributed by atoms with Crippen molar-refractivity contribution in [3.8, 4) is 0 Å². The summed E-state index contributed by atoms with van der Waals surface area (Å²) in [5, 5.41) is 10.4. The number of thioether (sulfide) groups is 1. The zero-order valence-corrected chi connectivity index (χ0v) is 9.61. The summed E-state index contributed by atoms with van der Waals surface area (Å²) in [6.45, 7) is 0.474. The molecule has 0 amide bonds. The molecule has 3 N–H and O–H groups in total. The molecule has 1 atom stereocenters. The summed E-state index contributed by atoms with van der Waals surface area (Å²) in [6, 6.07) is 5.60. The first-order valence-electron chi connectivity index (χ1n) is 4.40. The maximum absolute atomic E-state index is 9.72. The van der Waals surface area contributed by atoms with Crippen LogP contribution in [0.4, 0.5) is 0 Å². The van der Waals surface area contributed by atoms with Gasteiger partial charge < -0.3 is 10.8 Å². The molecule has 1 rings (SSSR count). The second kappa shape index (κ2) is 5.61. The highest BCUT2D eigenvalue weighted by Gasteiger charge is 2.08. The van der Waals surface area contributed by atoms with Crippen molar-refractivity contribution < 1.29 is 5.11 Å². The smallest absolute Gasteiger partial charge is 0.0803 e. The summed E-state index contributed by atoms with van der Waals surface area (Å²) in [5.74, 6) is 0. The normalized spacial score (nSPS) is 12.9. The van der Waals surface area contributed by atoms with Crippen LogP contribution >= 0.6 is 23.4 Å². The zero-order valence-electron chi connectivity index (χ0n) is 8.03. The van der Waals surface area contributed by atoms with Crippen LogP contribution in [0.2, 0.25) is 5.02 Å². The van der Waals surface area contributed by atoms with Gasteiger partial charge in [-0.3, -0.25) is 0 Å². The first-order valence-corrected chi connectivity index (χ1v) is 6.00. The maximum atomic E-state index is 9.72. The minimum atomic E-state index is -0.510. The number of hydrogen-bond donors (Lipinski definition) is 2. The van der Waals surface area contributed by atoms with E-state index in [1.807, 2.05) is 18.4 Å². The Labute approximate surface area is 93.5 Å². The van der Waals surface area contributed by atoms with Gasteiger partial charge in [0.15, 0.2) is 0 Å². The van der Waals surface area contributed by atoms with E-state index in [9.17, 15) is 5.11 Å². The average Bonchev–Trinajstić information content (AvgIpc) is 2.17. The fraction of sp³-hybridized carbons (Fsp3) is 0.400. The van der Waals surface area contributed by atoms with Gasteiger partial charge in [0.05, 0.1) is 6.10 Å². The van der Waals surface area contributed by atoms with Gasteiger partial charge in [0.2, 0.25) is 0 Å². The highest BCUT2D eigenvalue weighted by molar-refractivity contribution is 7.98. The predicted molar refractivity (Wildman–Crippen MR) is 61.9 cm³/mol. The van der Waals surface area contributed by atoms with E-state index in [1.165, 1.54) is 0 Å². The fourth-order valence-electron chi connectivity index (χ4n) is 1.22. The predicted octanol–water partition coefficient (Wildman–Crippen LogP) is 2.44. The van der Waals surface area contributed by atoms with E-state index in [2.05, 4.69) is 0 Å². The van der Waals surface area contributed by atoms with Crippen LogP contribution in [-0.2, 0) is 0 Å². The van der Waals surface area contributed by atoms with Crippen molar-refractivity contribution in [2.75, 3.05) is 12.8 Å². The lowest BCUT2D eigenvalue weighted by molar-refractivity contribution is 0.170. The van der Waals surface area contributed by atoms with Crippen molar-refractivity contribution in [3.05, 3.63) is 28.8 Å². The summed E-state index contributed by atoms with van der Waals surface area (Å²) in [6.07, 6.45) is 2.03. The second-order valence-corrected chi connectivity index (χ2v) is 4.33. The molecule has 78 valence electrons. The van der Waals surface area contributed by atoms with Crippen molar-refractivity contribution in [1.29, 1.82) is 0 Å². The van der Waals surface area contributed by atoms with Crippen molar-refractivity contribution in [1.82, 2.24) is 0 Å². The highest BCUT2D eigenvalue weighted by atomic mass is 35.5. The van der Waals surface area contributed by atoms with Crippen LogP contribution in [0.5, 0.6) is 0 Å². The van der Waals surface area contributed by atoms with Gasteiger partial charge in [0.25, 0.3) is 0 Å². The SMILES string of the molecule is CSc1cc(Cl)cc(C(O)CCN)c1. The van der Waals surface area contributed by atoms with E-state index in [-0.39, 0.29) is 0 Å². The molecule has 0 aliphatic carbocycles. The van der Waals surface area contributed by atoms with Crippen molar-refractivity contribution in [3.63, 3.8) is 0 Å². The molecular weight excluding hydrogens is 218 g/mol. The molecule has 0 aliphatic heterocycles. The Balaban J connectivity index is 2.90. The zero-order chi connectivity index (χ0) is 10.6. The fourth-order valence-corrected chi connectivity index (χ4v) is 2.03. The van der Waals surface area contributed by atoms with Crippen molar-refractivity contribution in [2.45, 2.75) is 17.4 Å². The molecule has 14 heavy (non-hydrogen) atoms. The lowest BCUT2D eigenvalue weighted by Gasteiger charge is -2.11. The van der Waals surface area contributed by atoms with Gasteiger partial charge in [0.1, 0.15) is 0 Å². The van der Waals surface area contributed by atoms with E-state index in [4.69, 9.17) is 17.3 Å². The number of aliphatic hydroxyl groups excluding tert-OH is 1. The van der Waals surface area contributed by atoms with E-state index in [0.717, 1.165) is 10.5 Å². The van der Waals surface area contributed by atoms with Gasteiger partial charge in [-0.25, -0.2) is 0 Å². The van der Waals surface area contributed by atoms with Gasteiger partial charge in [0, 0.05) is 9.92 Å². The summed E-state index contributed by atoms with van der Waals surface area (Å²) in [5.41, 5.74) is 6.22.